The minimum atomic E-state index is -4.11. The molecule has 6 rings (SSSR count). The third-order valence-corrected chi connectivity index (χ3v) is 11.4. The molecule has 0 unspecified atom stereocenters. The lowest BCUT2D eigenvalue weighted by Crippen LogP contribution is -2.65. The fourth-order valence-electron chi connectivity index (χ4n) is 7.58. The van der Waals surface area contributed by atoms with Crippen LogP contribution in [0.1, 0.15) is 57.0 Å². The van der Waals surface area contributed by atoms with Gasteiger partial charge >= 0.3 is 5.97 Å². The smallest absolute Gasteiger partial charge is 0.323 e. The van der Waals surface area contributed by atoms with E-state index in [2.05, 4.69) is 13.2 Å². The Bertz CT molecular complexity index is 1980. The monoisotopic (exact) mass is 666 g/mol. The van der Waals surface area contributed by atoms with Gasteiger partial charge in [-0.05, 0) is 62.6 Å². The van der Waals surface area contributed by atoms with Crippen LogP contribution in [0.5, 0.6) is 0 Å². The first-order valence-electron chi connectivity index (χ1n) is 16.3. The van der Waals surface area contributed by atoms with E-state index >= 15 is 4.79 Å². The lowest BCUT2D eigenvalue weighted by Gasteiger charge is -2.51. The molecule has 0 N–H and O–H groups in total. The van der Waals surface area contributed by atoms with Crippen molar-refractivity contribution in [2.45, 2.75) is 63.3 Å². The summed E-state index contributed by atoms with van der Waals surface area (Å²) in [4.78, 5) is 32.1. The van der Waals surface area contributed by atoms with Gasteiger partial charge in [-0.15, -0.1) is 6.58 Å². The third kappa shape index (κ3) is 5.29. The fourth-order valence-corrected chi connectivity index (χ4v) is 9.15. The molecule has 2 aliphatic rings. The Morgan fingerprint density at radius 2 is 1.62 bits per heavy atom. The van der Waals surface area contributed by atoms with Gasteiger partial charge in [0.1, 0.15) is 11.8 Å². The molecule has 3 heterocycles. The Hall–Kier alpha value is -4.47. The summed E-state index contributed by atoms with van der Waals surface area (Å²) in [5.74, 6) is -2.10. The Morgan fingerprint density at radius 3 is 2.23 bits per heavy atom. The predicted octanol–water partition coefficient (Wildman–Crippen LogP) is 7.16. The zero-order valence-corrected chi connectivity index (χ0v) is 28.7. The first kappa shape index (κ1) is 33.4. The quantitative estimate of drug-likeness (QED) is 0.107. The van der Waals surface area contributed by atoms with E-state index < -0.39 is 51.1 Å². The number of esters is 1. The molecule has 2 aliphatic heterocycles. The van der Waals surface area contributed by atoms with Crippen LogP contribution >= 0.6 is 0 Å². The van der Waals surface area contributed by atoms with Crippen molar-refractivity contribution in [2.75, 3.05) is 6.61 Å². The number of hydrogen-bond acceptors (Lipinski definition) is 6. The van der Waals surface area contributed by atoms with Gasteiger partial charge < -0.3 is 14.4 Å². The van der Waals surface area contributed by atoms with Crippen LogP contribution < -0.4 is 0 Å². The number of nitrogens with zero attached hydrogens (tertiary/aromatic N) is 2. The minimum Gasteiger partial charge on any atom is -0.459 e. The number of rotatable bonds is 9. The van der Waals surface area contributed by atoms with Crippen LogP contribution in [-0.4, -0.2) is 47.6 Å². The number of carbonyl (C=O) groups is 2. The van der Waals surface area contributed by atoms with E-state index in [0.717, 1.165) is 5.56 Å². The second kappa shape index (κ2) is 12.5. The molecular weight excluding hydrogens is 625 g/mol. The van der Waals surface area contributed by atoms with Gasteiger partial charge in [0.2, 0.25) is 5.91 Å². The largest absolute Gasteiger partial charge is 0.459 e. The maximum Gasteiger partial charge on any atom is 0.323 e. The zero-order chi connectivity index (χ0) is 34.4. The number of carbonyl (C=O) groups excluding carboxylic acids is 2. The molecular formula is C39H42N2O6S. The van der Waals surface area contributed by atoms with Crippen molar-refractivity contribution in [3.63, 3.8) is 0 Å². The Balaban J connectivity index is 1.63. The Kier molecular flexibility index (Phi) is 8.72. The van der Waals surface area contributed by atoms with Gasteiger partial charge in [-0.2, -0.15) is 0 Å². The van der Waals surface area contributed by atoms with Crippen molar-refractivity contribution in [3.8, 4) is 0 Å². The van der Waals surface area contributed by atoms with Crippen LogP contribution in [0.15, 0.2) is 109 Å². The van der Waals surface area contributed by atoms with E-state index in [0.29, 0.717) is 22.9 Å². The number of hydrogen-bond donors (Lipinski definition) is 0. The molecule has 0 bridgehead atoms. The molecule has 2 saturated heterocycles. The van der Waals surface area contributed by atoms with Crippen molar-refractivity contribution in [1.29, 1.82) is 0 Å². The molecule has 1 amide bonds. The van der Waals surface area contributed by atoms with Gasteiger partial charge in [-0.3, -0.25) is 9.59 Å². The van der Waals surface area contributed by atoms with Crippen molar-refractivity contribution in [2.24, 2.45) is 17.3 Å². The van der Waals surface area contributed by atoms with Crippen molar-refractivity contribution in [1.82, 2.24) is 8.87 Å². The van der Waals surface area contributed by atoms with Gasteiger partial charge in [-0.1, -0.05) is 86.3 Å². The number of piperidine rings is 1. The molecule has 8 nitrogen and oxygen atoms in total. The second-order valence-electron chi connectivity index (χ2n) is 13.5. The lowest BCUT2D eigenvalue weighted by atomic mass is 9.61. The molecule has 3 aromatic carbocycles. The van der Waals surface area contributed by atoms with Crippen LogP contribution in [0.4, 0.5) is 0 Å². The van der Waals surface area contributed by atoms with E-state index in [-0.39, 0.29) is 29.5 Å². The molecule has 4 aromatic rings. The van der Waals surface area contributed by atoms with Crippen LogP contribution in [0, 0.1) is 17.3 Å². The molecule has 250 valence electrons. The maximum absolute atomic E-state index is 15.4. The minimum absolute atomic E-state index is 0.105. The Labute approximate surface area is 282 Å². The molecule has 1 aromatic heterocycles. The summed E-state index contributed by atoms with van der Waals surface area (Å²) in [5, 5.41) is 0.595. The maximum atomic E-state index is 15.4. The molecule has 9 heteroatoms. The van der Waals surface area contributed by atoms with Gasteiger partial charge in [0.15, 0.2) is 5.41 Å². The average Bonchev–Trinajstić information content (AvgIpc) is 3.66. The number of aromatic nitrogens is 1. The number of allylic oxidation sites excluding steroid dienone is 1. The highest BCUT2D eigenvalue weighted by Gasteiger charge is 2.65. The third-order valence-electron chi connectivity index (χ3n) is 9.63. The second-order valence-corrected chi connectivity index (χ2v) is 15.3. The summed E-state index contributed by atoms with van der Waals surface area (Å²) in [7, 11) is -4.11. The molecule has 48 heavy (non-hydrogen) atoms. The summed E-state index contributed by atoms with van der Waals surface area (Å²) in [6.07, 6.45) is 3.04. The summed E-state index contributed by atoms with van der Waals surface area (Å²) in [6.45, 7) is 15.8. The summed E-state index contributed by atoms with van der Waals surface area (Å²) in [6, 6.07) is 24.5. The molecule has 0 radical (unpaired) electrons. The van der Waals surface area contributed by atoms with Crippen molar-refractivity contribution in [3.05, 3.63) is 121 Å². The van der Waals surface area contributed by atoms with Crippen LogP contribution in [-0.2, 0) is 35.5 Å². The van der Waals surface area contributed by atoms with Crippen LogP contribution in [0.2, 0.25) is 0 Å². The van der Waals surface area contributed by atoms with E-state index in [9.17, 15) is 13.2 Å². The highest BCUT2D eigenvalue weighted by molar-refractivity contribution is 7.90. The lowest BCUT2D eigenvalue weighted by molar-refractivity contribution is -0.194. The molecule has 5 atom stereocenters. The highest BCUT2D eigenvalue weighted by Crippen LogP contribution is 2.54. The molecule has 0 saturated carbocycles. The van der Waals surface area contributed by atoms with Crippen LogP contribution in [0.3, 0.4) is 0 Å². The highest BCUT2D eigenvalue weighted by atomic mass is 32.2. The number of amides is 1. The van der Waals surface area contributed by atoms with Gasteiger partial charge in [0.05, 0.1) is 28.8 Å². The number of ether oxygens (including phenoxy) is 2. The Morgan fingerprint density at radius 1 is 1.00 bits per heavy atom. The van der Waals surface area contributed by atoms with Crippen LogP contribution in [0.25, 0.3) is 17.0 Å². The van der Waals surface area contributed by atoms with E-state index in [4.69, 9.17) is 9.47 Å². The van der Waals surface area contributed by atoms with Gasteiger partial charge in [0, 0.05) is 23.6 Å². The standard InChI is InChI=1S/C39H42N2O6S/c1-7-28-31(8-2)39(37(43)47-38(4,5)6,36(42)40-34(25-46-35(28)40)26-18-12-10-13-19-26)24-30-29-22-16-17-23-33(29)41(32(30)9-3)48(44,45)27-20-14-11-15-21-27/h8-23,28,31,34-35H,2-3,7,24-25H2,1,4-6H3/t28-,31+,34-,35+,39+/m0/s1. The summed E-state index contributed by atoms with van der Waals surface area (Å²) >= 11 is 0. The van der Waals surface area contributed by atoms with Gasteiger partial charge in [-0.25, -0.2) is 12.4 Å². The number of fused-ring (bicyclic) bond motifs is 2. The summed E-state index contributed by atoms with van der Waals surface area (Å²) < 4.78 is 42.3. The first-order chi connectivity index (χ1) is 22.9. The molecule has 0 spiro atoms. The van der Waals surface area contributed by atoms with E-state index in [1.807, 2.05) is 49.4 Å². The van der Waals surface area contributed by atoms with Gasteiger partial charge in [0.25, 0.3) is 10.0 Å². The molecule has 0 aliphatic carbocycles. The molecule has 2 fully saturated rings. The predicted molar refractivity (Wildman–Crippen MR) is 186 cm³/mol. The summed E-state index contributed by atoms with van der Waals surface area (Å²) in [5.41, 5.74) is -0.602. The van der Waals surface area contributed by atoms with Crippen molar-refractivity contribution >= 4 is 38.9 Å². The van der Waals surface area contributed by atoms with E-state index in [1.165, 1.54) is 10.0 Å². The SMILES string of the molecule is C=Cc1c(C[C@]2(C(=O)OC(C)(C)C)C(=O)N3[C@H](OC[C@H]3c3ccccc3)[C@@H](CC)[C@H]2C=C)c2ccccc2n1S(=O)(=O)c1ccccc1. The normalized spacial score (nSPS) is 24.3. The van der Waals surface area contributed by atoms with E-state index in [1.54, 1.807) is 74.2 Å². The zero-order valence-electron chi connectivity index (χ0n) is 27.8. The topological polar surface area (TPSA) is 94.9 Å². The average molecular weight is 667 g/mol. The number of para-hydroxylation sites is 1. The first-order valence-corrected chi connectivity index (χ1v) is 17.8. The van der Waals surface area contributed by atoms with Crippen molar-refractivity contribution < 1.29 is 27.5 Å². The fraction of sp³-hybridized carbons (Fsp3) is 0.333. The number of benzene rings is 3.